The molecule has 1 aliphatic heterocycles. The molecule has 2 aromatic rings. The second-order valence-corrected chi connectivity index (χ2v) is 9.59. The molecule has 0 bridgehead atoms. The van der Waals surface area contributed by atoms with Crippen LogP contribution in [0.1, 0.15) is 32.2 Å². The summed E-state index contributed by atoms with van der Waals surface area (Å²) in [6.07, 6.45) is 2.16. The number of nitrogens with one attached hydrogen (secondary N) is 1. The highest BCUT2D eigenvalue weighted by Gasteiger charge is 2.28. The van der Waals surface area contributed by atoms with Gasteiger partial charge in [-0.05, 0) is 43.5 Å². The molecule has 1 aliphatic rings. The highest BCUT2D eigenvalue weighted by Crippen LogP contribution is 2.27. The first-order chi connectivity index (χ1) is 14.4. The van der Waals surface area contributed by atoms with Crippen LogP contribution < -0.4 is 11.1 Å². The Bertz CT molecular complexity index is 1040. The number of sulfonamides is 1. The van der Waals surface area contributed by atoms with Gasteiger partial charge in [0.2, 0.25) is 21.9 Å². The molecule has 160 valence electrons. The zero-order chi connectivity index (χ0) is 21.7. The molecule has 1 saturated heterocycles. The van der Waals surface area contributed by atoms with Crippen LogP contribution in [0.3, 0.4) is 0 Å². The highest BCUT2D eigenvalue weighted by molar-refractivity contribution is 7.99. The lowest BCUT2D eigenvalue weighted by atomic mass is 10.2. The topological polar surface area (TPSA) is 147 Å². The number of nitriles is 1. The number of anilines is 2. The average Bonchev–Trinajstić information content (AvgIpc) is 3.39. The van der Waals surface area contributed by atoms with Crippen molar-refractivity contribution in [2.45, 2.75) is 42.3 Å². The summed E-state index contributed by atoms with van der Waals surface area (Å²) in [6.45, 7) is 2.89. The van der Waals surface area contributed by atoms with E-state index < -0.39 is 16.1 Å². The lowest BCUT2D eigenvalue weighted by Gasteiger charge is -2.19. The first-order valence-corrected chi connectivity index (χ1v) is 11.9. The molecule has 30 heavy (non-hydrogen) atoms. The maximum atomic E-state index is 12.9. The number of aromatic nitrogens is 3. The number of hydrogen-bond acceptors (Lipinski definition) is 8. The van der Waals surface area contributed by atoms with Crippen LogP contribution in [0.4, 0.5) is 11.6 Å². The van der Waals surface area contributed by atoms with E-state index in [0.717, 1.165) is 24.6 Å². The molecule has 1 unspecified atom stereocenters. The Balaban J connectivity index is 1.75. The Morgan fingerprint density at radius 2 is 1.97 bits per heavy atom. The van der Waals surface area contributed by atoms with Crippen LogP contribution in [0.25, 0.3) is 0 Å². The van der Waals surface area contributed by atoms with Gasteiger partial charge in [-0.2, -0.15) is 9.57 Å². The van der Waals surface area contributed by atoms with Gasteiger partial charge in [-0.25, -0.2) is 8.42 Å². The van der Waals surface area contributed by atoms with Gasteiger partial charge in [0.1, 0.15) is 6.04 Å². The fraction of sp³-hybridized carbons (Fsp3) is 0.444. The Labute approximate surface area is 179 Å². The molecule has 0 aliphatic carbocycles. The van der Waals surface area contributed by atoms with Crippen molar-refractivity contribution < 1.29 is 13.2 Å². The molecule has 1 atom stereocenters. The van der Waals surface area contributed by atoms with Gasteiger partial charge in [0.25, 0.3) is 0 Å². The van der Waals surface area contributed by atoms with Crippen LogP contribution in [-0.4, -0.2) is 52.2 Å². The lowest BCUT2D eigenvalue weighted by Crippen LogP contribution is -2.28. The van der Waals surface area contributed by atoms with Crippen LogP contribution in [0.5, 0.6) is 0 Å². The van der Waals surface area contributed by atoms with Crippen LogP contribution >= 0.6 is 11.8 Å². The van der Waals surface area contributed by atoms with Crippen molar-refractivity contribution in [3.8, 4) is 6.07 Å². The van der Waals surface area contributed by atoms with Gasteiger partial charge in [0, 0.05) is 18.8 Å². The van der Waals surface area contributed by atoms with Crippen molar-refractivity contribution in [1.82, 2.24) is 19.1 Å². The normalized spacial score (nSPS) is 15.6. The zero-order valence-electron chi connectivity index (χ0n) is 16.5. The molecule has 3 rings (SSSR count). The van der Waals surface area contributed by atoms with Crippen molar-refractivity contribution in [2.24, 2.45) is 0 Å². The molecule has 3 N–H and O–H groups in total. The largest absolute Gasteiger partial charge is 0.368 e. The number of carbonyl (C=O) groups is 1. The van der Waals surface area contributed by atoms with Crippen molar-refractivity contribution in [2.75, 3.05) is 29.9 Å². The third kappa shape index (κ3) is 4.58. The molecule has 0 radical (unpaired) electrons. The molecule has 1 aromatic carbocycles. The van der Waals surface area contributed by atoms with Gasteiger partial charge in [-0.1, -0.05) is 18.7 Å². The zero-order valence-corrected chi connectivity index (χ0v) is 18.1. The fourth-order valence-electron chi connectivity index (χ4n) is 3.28. The van der Waals surface area contributed by atoms with Gasteiger partial charge in [0.05, 0.1) is 16.7 Å². The summed E-state index contributed by atoms with van der Waals surface area (Å²) in [7, 11) is -3.51. The minimum Gasteiger partial charge on any atom is -0.368 e. The molecule has 10 nitrogen and oxygen atoms in total. The van der Waals surface area contributed by atoms with Crippen LogP contribution in [0.15, 0.2) is 34.3 Å². The lowest BCUT2D eigenvalue weighted by molar-refractivity contribution is -0.119. The van der Waals surface area contributed by atoms with Crippen molar-refractivity contribution in [3.05, 3.63) is 24.3 Å². The summed E-state index contributed by atoms with van der Waals surface area (Å²) in [5, 5.41) is 19.7. The van der Waals surface area contributed by atoms with Crippen molar-refractivity contribution in [3.63, 3.8) is 0 Å². The quantitative estimate of drug-likeness (QED) is 0.580. The number of amides is 1. The number of nitrogens with two attached hydrogens (primary N) is 1. The monoisotopic (exact) mass is 449 g/mol. The molecule has 1 amide bonds. The smallest absolute Gasteiger partial charge is 0.247 e. The molecule has 2 heterocycles. The number of nitrogens with zero attached hydrogens (tertiary/aromatic N) is 5. The second kappa shape index (κ2) is 9.46. The van der Waals surface area contributed by atoms with E-state index >= 15 is 0 Å². The van der Waals surface area contributed by atoms with E-state index in [2.05, 4.69) is 15.5 Å². The van der Waals surface area contributed by atoms with Gasteiger partial charge in [0.15, 0.2) is 5.16 Å². The maximum absolute atomic E-state index is 12.9. The Morgan fingerprint density at radius 3 is 2.57 bits per heavy atom. The van der Waals surface area contributed by atoms with Crippen molar-refractivity contribution >= 4 is 39.3 Å². The fourth-order valence-corrected chi connectivity index (χ4v) is 5.44. The third-order valence-corrected chi connectivity index (χ3v) is 7.51. The summed E-state index contributed by atoms with van der Waals surface area (Å²) in [5.74, 6) is -0.0918. The summed E-state index contributed by atoms with van der Waals surface area (Å²) in [5.41, 5.74) is 6.36. The second-order valence-electron chi connectivity index (χ2n) is 6.71. The predicted octanol–water partition coefficient (Wildman–Crippen LogP) is 1.85. The van der Waals surface area contributed by atoms with Gasteiger partial charge in [-0.3, -0.25) is 9.36 Å². The average molecular weight is 450 g/mol. The van der Waals surface area contributed by atoms with Crippen LogP contribution in [-0.2, 0) is 14.8 Å². The minimum absolute atomic E-state index is 0.0875. The molecule has 1 fully saturated rings. The summed E-state index contributed by atoms with van der Waals surface area (Å²) < 4.78 is 28.2. The number of carbonyl (C=O) groups excluding carboxylic acids is 1. The van der Waals surface area contributed by atoms with E-state index in [-0.39, 0.29) is 22.5 Å². The third-order valence-electron chi connectivity index (χ3n) is 4.78. The van der Waals surface area contributed by atoms with E-state index in [4.69, 9.17) is 11.0 Å². The highest BCUT2D eigenvalue weighted by atomic mass is 32.2. The standard InChI is InChI=1S/C18H23N7O3S2/c1-2-15(25-17(20)22-23-18(25)29-12-9-19)16(26)21-13-5-7-14(8-6-13)30(27,28)24-10-3-4-11-24/h5-8,15H,2-4,10-12H2,1H3,(H2,20,22)(H,21,26). The summed E-state index contributed by atoms with van der Waals surface area (Å²) >= 11 is 1.15. The number of hydrogen-bond donors (Lipinski definition) is 2. The van der Waals surface area contributed by atoms with E-state index in [9.17, 15) is 13.2 Å². The number of nitrogen functional groups attached to an aromatic ring is 1. The molecule has 0 spiro atoms. The van der Waals surface area contributed by atoms with Gasteiger partial charge >= 0.3 is 0 Å². The number of rotatable bonds is 8. The SMILES string of the molecule is CCC(C(=O)Nc1ccc(S(=O)(=O)N2CCCC2)cc1)n1c(N)nnc1SCC#N. The Hall–Kier alpha value is -2.62. The number of benzene rings is 1. The first-order valence-electron chi connectivity index (χ1n) is 9.49. The minimum atomic E-state index is -3.51. The van der Waals surface area contributed by atoms with E-state index in [0.29, 0.717) is 30.4 Å². The van der Waals surface area contributed by atoms with Gasteiger partial charge in [-0.15, -0.1) is 10.2 Å². The maximum Gasteiger partial charge on any atom is 0.247 e. The van der Waals surface area contributed by atoms with E-state index in [1.807, 2.05) is 13.0 Å². The van der Waals surface area contributed by atoms with E-state index in [1.165, 1.54) is 21.0 Å². The molecule has 12 heteroatoms. The van der Waals surface area contributed by atoms with Crippen molar-refractivity contribution in [1.29, 1.82) is 5.26 Å². The summed E-state index contributed by atoms with van der Waals surface area (Å²) in [6, 6.07) is 7.44. The Kier molecular flexibility index (Phi) is 6.96. The van der Waals surface area contributed by atoms with Gasteiger partial charge < -0.3 is 11.1 Å². The number of thioether (sulfide) groups is 1. The first kappa shape index (κ1) is 22.1. The van der Waals surface area contributed by atoms with Crippen LogP contribution in [0.2, 0.25) is 0 Å². The Morgan fingerprint density at radius 1 is 1.30 bits per heavy atom. The summed E-state index contributed by atoms with van der Waals surface area (Å²) in [4.78, 5) is 13.1. The van der Waals surface area contributed by atoms with E-state index in [1.54, 1.807) is 12.1 Å². The molecule has 0 saturated carbocycles. The van der Waals surface area contributed by atoms with Crippen LogP contribution in [0, 0.1) is 11.3 Å². The molecule has 1 aromatic heterocycles. The molecular formula is C18H23N7O3S2. The predicted molar refractivity (Wildman–Crippen MR) is 113 cm³/mol. The molecular weight excluding hydrogens is 426 g/mol.